The van der Waals surface area contributed by atoms with E-state index >= 15 is 0 Å². The number of hydrogen-bond donors (Lipinski definition) is 1. The van der Waals surface area contributed by atoms with Crippen molar-refractivity contribution >= 4 is 17.3 Å². The van der Waals surface area contributed by atoms with Crippen molar-refractivity contribution in [3.63, 3.8) is 0 Å². The highest BCUT2D eigenvalue weighted by Gasteiger charge is 2.32. The van der Waals surface area contributed by atoms with Crippen LogP contribution in [0.3, 0.4) is 0 Å². The summed E-state index contributed by atoms with van der Waals surface area (Å²) in [5, 5.41) is 4.82. The quantitative estimate of drug-likeness (QED) is 0.689. The maximum Gasteiger partial charge on any atom is 0.279 e. The molecule has 0 radical (unpaired) electrons. The summed E-state index contributed by atoms with van der Waals surface area (Å²) in [4.78, 5) is 15.5. The summed E-state index contributed by atoms with van der Waals surface area (Å²) in [6.45, 7) is 2.86. The molecule has 3 aromatic rings. The van der Waals surface area contributed by atoms with Gasteiger partial charge in [0.15, 0.2) is 5.69 Å². The molecular weight excluding hydrogens is 360 g/mol. The summed E-state index contributed by atoms with van der Waals surface area (Å²) in [5.74, 6) is -0.00127. The fourth-order valence-electron chi connectivity index (χ4n) is 4.69. The van der Waals surface area contributed by atoms with E-state index in [2.05, 4.69) is 31.2 Å². The molecule has 2 aliphatic rings. The summed E-state index contributed by atoms with van der Waals surface area (Å²) >= 11 is 0. The van der Waals surface area contributed by atoms with Crippen LogP contribution >= 0.6 is 0 Å². The molecule has 29 heavy (non-hydrogen) atoms. The molecule has 148 valence electrons. The van der Waals surface area contributed by atoms with Crippen molar-refractivity contribution in [2.45, 2.75) is 45.4 Å². The molecule has 0 saturated carbocycles. The molecular formula is C24H26N4O. The summed E-state index contributed by atoms with van der Waals surface area (Å²) < 4.78 is 1.99. The van der Waals surface area contributed by atoms with Crippen molar-refractivity contribution < 1.29 is 4.79 Å². The lowest BCUT2D eigenvalue weighted by Gasteiger charge is -2.30. The van der Waals surface area contributed by atoms with Crippen molar-refractivity contribution in [1.82, 2.24) is 9.78 Å². The second-order valence-corrected chi connectivity index (χ2v) is 7.96. The SMILES string of the molecule is CCc1ccc(-n2nc(C(=O)N3CCCc4c(N)cccc43)c3c2CCC3)cc1. The Morgan fingerprint density at radius 3 is 2.62 bits per heavy atom. The van der Waals surface area contributed by atoms with Crippen LogP contribution < -0.4 is 10.6 Å². The first-order chi connectivity index (χ1) is 14.2. The van der Waals surface area contributed by atoms with Crippen molar-refractivity contribution in [3.8, 4) is 5.69 Å². The van der Waals surface area contributed by atoms with Crippen molar-refractivity contribution in [2.24, 2.45) is 0 Å². The minimum atomic E-state index is -0.00127. The van der Waals surface area contributed by atoms with Crippen LogP contribution in [0.4, 0.5) is 11.4 Å². The Kier molecular flexibility index (Phi) is 4.38. The number of carbonyl (C=O) groups excluding carboxylic acids is 1. The average Bonchev–Trinajstić information content (AvgIpc) is 3.36. The number of benzene rings is 2. The van der Waals surface area contributed by atoms with Gasteiger partial charge in [0.05, 0.1) is 5.69 Å². The van der Waals surface area contributed by atoms with Crippen molar-refractivity contribution in [3.05, 3.63) is 70.5 Å². The van der Waals surface area contributed by atoms with Gasteiger partial charge in [0.1, 0.15) is 0 Å². The number of aromatic nitrogens is 2. The molecule has 0 fully saturated rings. The Bertz CT molecular complexity index is 1080. The summed E-state index contributed by atoms with van der Waals surface area (Å²) in [7, 11) is 0. The number of nitrogens with two attached hydrogens (primary N) is 1. The third-order valence-corrected chi connectivity index (χ3v) is 6.25. The van der Waals surface area contributed by atoms with E-state index in [1.807, 2.05) is 27.8 Å². The lowest BCUT2D eigenvalue weighted by Crippen LogP contribution is -2.36. The van der Waals surface area contributed by atoms with Crippen LogP contribution in [0.5, 0.6) is 0 Å². The predicted octanol–water partition coefficient (Wildman–Crippen LogP) is 4.10. The number of nitrogens with zero attached hydrogens (tertiary/aromatic N) is 3. The normalized spacial score (nSPS) is 15.3. The third-order valence-electron chi connectivity index (χ3n) is 6.25. The Morgan fingerprint density at radius 1 is 1.03 bits per heavy atom. The van der Waals surface area contributed by atoms with Gasteiger partial charge in [-0.05, 0) is 73.9 Å². The first-order valence-corrected chi connectivity index (χ1v) is 10.6. The summed E-state index contributed by atoms with van der Waals surface area (Å²) in [6.07, 6.45) is 5.81. The van der Waals surface area contributed by atoms with E-state index in [4.69, 9.17) is 10.8 Å². The molecule has 2 N–H and O–H groups in total. The minimum absolute atomic E-state index is 0.00127. The van der Waals surface area contributed by atoms with E-state index in [0.29, 0.717) is 12.2 Å². The van der Waals surface area contributed by atoms with Gasteiger partial charge in [0.25, 0.3) is 5.91 Å². The van der Waals surface area contributed by atoms with E-state index in [-0.39, 0.29) is 5.91 Å². The molecule has 5 nitrogen and oxygen atoms in total. The number of fused-ring (bicyclic) bond motifs is 2. The number of rotatable bonds is 3. The first-order valence-electron chi connectivity index (χ1n) is 10.6. The van der Waals surface area contributed by atoms with E-state index in [1.54, 1.807) is 0 Å². The van der Waals surface area contributed by atoms with Crippen molar-refractivity contribution in [1.29, 1.82) is 0 Å². The molecule has 0 atom stereocenters. The molecule has 2 heterocycles. The molecule has 1 aromatic heterocycles. The van der Waals surface area contributed by atoms with Gasteiger partial charge in [-0.25, -0.2) is 4.68 Å². The number of nitrogen functional groups attached to an aromatic ring is 1. The van der Waals surface area contributed by atoms with Crippen LogP contribution in [-0.2, 0) is 25.7 Å². The molecule has 0 saturated heterocycles. The fraction of sp³-hybridized carbons (Fsp3) is 0.333. The first kappa shape index (κ1) is 18.0. The zero-order valence-corrected chi connectivity index (χ0v) is 16.8. The number of aryl methyl sites for hydroxylation is 1. The topological polar surface area (TPSA) is 64.2 Å². The van der Waals surface area contributed by atoms with Crippen LogP contribution in [0.1, 0.15) is 52.6 Å². The van der Waals surface area contributed by atoms with Crippen LogP contribution in [0, 0.1) is 0 Å². The fourth-order valence-corrected chi connectivity index (χ4v) is 4.69. The van der Waals surface area contributed by atoms with Gasteiger partial charge >= 0.3 is 0 Å². The Labute approximate surface area is 171 Å². The second-order valence-electron chi connectivity index (χ2n) is 7.96. The molecule has 5 rings (SSSR count). The van der Waals surface area contributed by atoms with Crippen LogP contribution in [0.2, 0.25) is 0 Å². The highest BCUT2D eigenvalue weighted by molar-refractivity contribution is 6.07. The molecule has 0 unspecified atom stereocenters. The molecule has 0 spiro atoms. The van der Waals surface area contributed by atoms with E-state index in [9.17, 15) is 4.79 Å². The van der Waals surface area contributed by atoms with Gasteiger partial charge in [-0.3, -0.25) is 4.79 Å². The number of carbonyl (C=O) groups is 1. The predicted molar refractivity (Wildman–Crippen MR) is 116 cm³/mol. The highest BCUT2D eigenvalue weighted by atomic mass is 16.2. The Hall–Kier alpha value is -3.08. The van der Waals surface area contributed by atoms with E-state index in [0.717, 1.165) is 66.7 Å². The molecule has 5 heteroatoms. The molecule has 0 bridgehead atoms. The standard InChI is InChI=1S/C24H26N4O/c1-2-16-11-13-17(14-12-16)28-22-10-3-6-19(22)23(26-28)24(29)27-15-5-7-18-20(25)8-4-9-21(18)27/h4,8-9,11-14H,2-3,5-7,10,15,25H2,1H3. The lowest BCUT2D eigenvalue weighted by atomic mass is 9.99. The third kappa shape index (κ3) is 2.92. The van der Waals surface area contributed by atoms with Crippen LogP contribution in [0.25, 0.3) is 5.69 Å². The van der Waals surface area contributed by atoms with Gasteiger partial charge in [0, 0.05) is 29.2 Å². The van der Waals surface area contributed by atoms with Gasteiger partial charge in [0.2, 0.25) is 0 Å². The number of anilines is 2. The number of hydrogen-bond acceptors (Lipinski definition) is 3. The molecule has 1 amide bonds. The zero-order valence-electron chi connectivity index (χ0n) is 16.8. The Balaban J connectivity index is 1.56. The van der Waals surface area contributed by atoms with Gasteiger partial charge in [-0.2, -0.15) is 5.10 Å². The lowest BCUT2D eigenvalue weighted by molar-refractivity contribution is 0.0979. The second kappa shape index (κ2) is 7.07. The highest BCUT2D eigenvalue weighted by Crippen LogP contribution is 2.34. The van der Waals surface area contributed by atoms with Gasteiger partial charge in [-0.15, -0.1) is 0 Å². The zero-order chi connectivity index (χ0) is 20.0. The minimum Gasteiger partial charge on any atom is -0.398 e. The molecule has 2 aromatic carbocycles. The summed E-state index contributed by atoms with van der Waals surface area (Å²) in [5.41, 5.74) is 14.2. The van der Waals surface area contributed by atoms with Crippen LogP contribution in [-0.4, -0.2) is 22.2 Å². The largest absolute Gasteiger partial charge is 0.398 e. The Morgan fingerprint density at radius 2 is 1.83 bits per heavy atom. The molecule has 1 aliphatic heterocycles. The summed E-state index contributed by atoms with van der Waals surface area (Å²) in [6, 6.07) is 14.3. The van der Waals surface area contributed by atoms with Crippen LogP contribution in [0.15, 0.2) is 42.5 Å². The van der Waals surface area contributed by atoms with E-state index in [1.165, 1.54) is 11.3 Å². The maximum absolute atomic E-state index is 13.6. The maximum atomic E-state index is 13.6. The van der Waals surface area contributed by atoms with Gasteiger partial charge in [-0.1, -0.05) is 25.1 Å². The smallest absolute Gasteiger partial charge is 0.279 e. The number of amides is 1. The van der Waals surface area contributed by atoms with E-state index < -0.39 is 0 Å². The van der Waals surface area contributed by atoms with Gasteiger partial charge < -0.3 is 10.6 Å². The van der Waals surface area contributed by atoms with Crippen molar-refractivity contribution in [2.75, 3.05) is 17.2 Å². The average molecular weight is 386 g/mol. The monoisotopic (exact) mass is 386 g/mol. The molecule has 1 aliphatic carbocycles.